The van der Waals surface area contributed by atoms with E-state index in [1.54, 1.807) is 0 Å². The molecule has 1 atom stereocenters. The van der Waals surface area contributed by atoms with Crippen molar-refractivity contribution in [3.8, 4) is 0 Å². The maximum atomic E-state index is 12.6. The monoisotopic (exact) mass is 379 g/mol. The van der Waals surface area contributed by atoms with Gasteiger partial charge >= 0.3 is 6.18 Å². The first-order chi connectivity index (χ1) is 11.3. The van der Waals surface area contributed by atoms with E-state index in [2.05, 4.69) is 5.32 Å². The number of hydrogen-bond acceptors (Lipinski definition) is 3. The van der Waals surface area contributed by atoms with Crippen molar-refractivity contribution in [1.82, 2.24) is 10.2 Å². The Morgan fingerprint density at radius 1 is 1.24 bits per heavy atom. The lowest BCUT2D eigenvalue weighted by Crippen LogP contribution is -2.46. The molecule has 0 radical (unpaired) electrons. The lowest BCUT2D eigenvalue weighted by atomic mass is 9.96. The fraction of sp³-hybridized carbons (Fsp3) is 0.500. The van der Waals surface area contributed by atoms with Gasteiger partial charge in [-0.25, -0.2) is 0 Å². The topological polar surface area (TPSA) is 75.4 Å². The molecule has 9 heteroatoms. The van der Waals surface area contributed by atoms with E-state index < -0.39 is 11.7 Å². The van der Waals surface area contributed by atoms with Crippen molar-refractivity contribution in [2.45, 2.75) is 19.0 Å². The third-order valence-electron chi connectivity index (χ3n) is 3.98. The number of nitrogens with zero attached hydrogens (tertiary/aromatic N) is 1. The Morgan fingerprint density at radius 2 is 1.88 bits per heavy atom. The molecule has 1 heterocycles. The van der Waals surface area contributed by atoms with Crippen molar-refractivity contribution >= 4 is 24.2 Å². The molecule has 0 spiro atoms. The van der Waals surface area contributed by atoms with Crippen LogP contribution in [0.3, 0.4) is 0 Å². The number of nitrogens with one attached hydrogen (secondary N) is 1. The van der Waals surface area contributed by atoms with Crippen molar-refractivity contribution in [1.29, 1.82) is 0 Å². The van der Waals surface area contributed by atoms with Gasteiger partial charge in [-0.15, -0.1) is 12.4 Å². The minimum atomic E-state index is -4.43. The van der Waals surface area contributed by atoms with E-state index in [1.807, 2.05) is 0 Å². The molecular formula is C16H21ClF3N3O2. The predicted molar refractivity (Wildman–Crippen MR) is 89.4 cm³/mol. The summed E-state index contributed by atoms with van der Waals surface area (Å²) in [6.45, 7) is 1.46. The molecule has 1 aliphatic heterocycles. The maximum Gasteiger partial charge on any atom is 0.416 e. The molecule has 1 aliphatic rings. The highest BCUT2D eigenvalue weighted by molar-refractivity contribution is 5.94. The average molecular weight is 380 g/mol. The first-order valence-electron chi connectivity index (χ1n) is 7.77. The molecule has 0 aliphatic carbocycles. The highest BCUT2D eigenvalue weighted by Crippen LogP contribution is 2.29. The van der Waals surface area contributed by atoms with Gasteiger partial charge in [0.05, 0.1) is 11.5 Å². The number of hydrogen-bond donors (Lipinski definition) is 2. The van der Waals surface area contributed by atoms with Crippen molar-refractivity contribution in [3.05, 3.63) is 35.4 Å². The van der Waals surface area contributed by atoms with Crippen LogP contribution in [-0.4, -0.2) is 42.9 Å². The first kappa shape index (κ1) is 21.2. The molecule has 1 aromatic rings. The summed E-state index contributed by atoms with van der Waals surface area (Å²) in [5.41, 5.74) is 4.73. The van der Waals surface area contributed by atoms with Crippen LogP contribution in [0.25, 0.3) is 0 Å². The fourth-order valence-corrected chi connectivity index (χ4v) is 2.70. The van der Waals surface area contributed by atoms with Gasteiger partial charge < -0.3 is 16.0 Å². The lowest BCUT2D eigenvalue weighted by Gasteiger charge is -2.32. The molecular weight excluding hydrogens is 359 g/mol. The van der Waals surface area contributed by atoms with Crippen LogP contribution in [0.4, 0.5) is 13.2 Å². The van der Waals surface area contributed by atoms with E-state index in [1.165, 1.54) is 17.0 Å². The zero-order valence-corrected chi connectivity index (χ0v) is 14.3. The predicted octanol–water partition coefficient (Wildman–Crippen LogP) is 2.05. The molecule has 1 unspecified atom stereocenters. The summed E-state index contributed by atoms with van der Waals surface area (Å²) < 4.78 is 37.7. The molecule has 1 aromatic carbocycles. The number of carbonyl (C=O) groups is 2. The Balaban J connectivity index is 0.00000312. The van der Waals surface area contributed by atoms with Gasteiger partial charge in [-0.2, -0.15) is 13.2 Å². The number of benzene rings is 1. The van der Waals surface area contributed by atoms with Gasteiger partial charge in [-0.05, 0) is 37.1 Å². The van der Waals surface area contributed by atoms with E-state index in [9.17, 15) is 22.8 Å². The quantitative estimate of drug-likeness (QED) is 0.840. The molecule has 0 saturated carbocycles. The van der Waals surface area contributed by atoms with E-state index in [0.717, 1.165) is 12.1 Å². The minimum absolute atomic E-state index is 0. The van der Waals surface area contributed by atoms with Crippen molar-refractivity contribution < 1.29 is 22.8 Å². The van der Waals surface area contributed by atoms with Gasteiger partial charge in [0, 0.05) is 31.7 Å². The largest absolute Gasteiger partial charge is 0.416 e. The zero-order valence-electron chi connectivity index (χ0n) is 13.5. The Bertz CT molecular complexity index is 593. The molecule has 0 bridgehead atoms. The van der Waals surface area contributed by atoms with Gasteiger partial charge in [0.1, 0.15) is 0 Å². The number of nitrogens with two attached hydrogens (primary N) is 1. The van der Waals surface area contributed by atoms with Crippen LogP contribution in [0, 0.1) is 5.92 Å². The zero-order chi connectivity index (χ0) is 17.7. The Morgan fingerprint density at radius 3 is 2.44 bits per heavy atom. The van der Waals surface area contributed by atoms with Gasteiger partial charge in [0.25, 0.3) is 5.91 Å². The average Bonchev–Trinajstić information content (AvgIpc) is 2.58. The summed E-state index contributed by atoms with van der Waals surface area (Å²) in [5.74, 6) is -0.825. The number of halogens is 4. The second-order valence-electron chi connectivity index (χ2n) is 5.75. The summed E-state index contributed by atoms with van der Waals surface area (Å²) >= 11 is 0. The van der Waals surface area contributed by atoms with Crippen LogP contribution < -0.4 is 11.1 Å². The van der Waals surface area contributed by atoms with Crippen LogP contribution in [0.5, 0.6) is 0 Å². The summed E-state index contributed by atoms with van der Waals surface area (Å²) in [6, 6.07) is 4.12. The van der Waals surface area contributed by atoms with Crippen LogP contribution in [0.2, 0.25) is 0 Å². The third kappa shape index (κ3) is 5.61. The van der Waals surface area contributed by atoms with E-state index in [0.29, 0.717) is 32.5 Å². The summed E-state index contributed by atoms with van der Waals surface area (Å²) in [7, 11) is 0. The second-order valence-corrected chi connectivity index (χ2v) is 5.75. The van der Waals surface area contributed by atoms with Crippen LogP contribution in [0.1, 0.15) is 28.8 Å². The first-order valence-corrected chi connectivity index (χ1v) is 7.77. The van der Waals surface area contributed by atoms with Crippen LogP contribution in [0.15, 0.2) is 24.3 Å². The molecule has 2 amide bonds. The summed E-state index contributed by atoms with van der Waals surface area (Å²) in [6.07, 6.45) is -3.08. The number of amides is 2. The molecule has 1 fully saturated rings. The standard InChI is InChI=1S/C16H20F3N3O2.ClH/c17-16(18,19)13-5-3-11(4-6-13)15(24)22-9-1-2-12(10-22)14(23)21-8-7-20;/h3-6,12H,1-2,7-10,20H2,(H,21,23);1H. The smallest absolute Gasteiger partial charge is 0.355 e. The van der Waals surface area contributed by atoms with Crippen LogP contribution >= 0.6 is 12.4 Å². The SMILES string of the molecule is Cl.NCCNC(=O)C1CCCN(C(=O)c2ccc(C(F)(F)F)cc2)C1. The molecule has 140 valence electrons. The van der Waals surface area contributed by atoms with Crippen LogP contribution in [-0.2, 0) is 11.0 Å². The van der Waals surface area contributed by atoms with Gasteiger partial charge in [0.2, 0.25) is 5.91 Å². The Labute approximate surface area is 150 Å². The number of piperidine rings is 1. The van der Waals surface area contributed by atoms with Gasteiger partial charge in [-0.1, -0.05) is 0 Å². The number of carbonyl (C=O) groups excluding carboxylic acids is 2. The van der Waals surface area contributed by atoms with E-state index >= 15 is 0 Å². The van der Waals surface area contributed by atoms with E-state index in [-0.39, 0.29) is 42.2 Å². The summed E-state index contributed by atoms with van der Waals surface area (Å²) in [4.78, 5) is 25.9. The fourth-order valence-electron chi connectivity index (χ4n) is 2.70. The maximum absolute atomic E-state index is 12.6. The highest BCUT2D eigenvalue weighted by Gasteiger charge is 2.31. The Kier molecular flexibility index (Phi) is 7.69. The number of alkyl halides is 3. The molecule has 2 rings (SSSR count). The number of rotatable bonds is 4. The van der Waals surface area contributed by atoms with Crippen molar-refractivity contribution in [2.75, 3.05) is 26.2 Å². The highest BCUT2D eigenvalue weighted by atomic mass is 35.5. The van der Waals surface area contributed by atoms with E-state index in [4.69, 9.17) is 5.73 Å². The molecule has 3 N–H and O–H groups in total. The Hall–Kier alpha value is -1.80. The van der Waals surface area contributed by atoms with Crippen molar-refractivity contribution in [2.24, 2.45) is 11.7 Å². The molecule has 1 saturated heterocycles. The summed E-state index contributed by atoms with van der Waals surface area (Å²) in [5, 5.41) is 2.70. The molecule has 5 nitrogen and oxygen atoms in total. The third-order valence-corrected chi connectivity index (χ3v) is 3.98. The normalized spacial score (nSPS) is 17.6. The molecule has 25 heavy (non-hydrogen) atoms. The minimum Gasteiger partial charge on any atom is -0.355 e. The second kappa shape index (κ2) is 9.05. The van der Waals surface area contributed by atoms with Crippen molar-refractivity contribution in [3.63, 3.8) is 0 Å². The molecule has 0 aromatic heterocycles. The number of likely N-dealkylation sites (tertiary alicyclic amines) is 1. The lowest BCUT2D eigenvalue weighted by molar-refractivity contribution is -0.137. The van der Waals surface area contributed by atoms with Gasteiger partial charge in [0.15, 0.2) is 0 Å². The van der Waals surface area contributed by atoms with Gasteiger partial charge in [-0.3, -0.25) is 9.59 Å².